The lowest BCUT2D eigenvalue weighted by atomic mass is 10.0. The predicted molar refractivity (Wildman–Crippen MR) is 80.0 cm³/mol. The van der Waals surface area contributed by atoms with Crippen LogP contribution in [0.4, 0.5) is 0 Å². The van der Waals surface area contributed by atoms with E-state index in [4.69, 9.17) is 28.3 Å². The van der Waals surface area contributed by atoms with E-state index in [1.165, 1.54) is 33.0 Å². The van der Waals surface area contributed by atoms with Crippen LogP contribution in [0.1, 0.15) is 19.4 Å². The van der Waals surface area contributed by atoms with Gasteiger partial charge < -0.3 is 10.0 Å². The molecule has 0 aromatic heterocycles. The molecule has 1 aromatic carbocycles. The topological polar surface area (TPSA) is 57.6 Å². The second kappa shape index (κ2) is 6.29. The number of aliphatic carboxylic acids is 1. The van der Waals surface area contributed by atoms with E-state index in [2.05, 4.69) is 0 Å². The Labute approximate surface area is 127 Å². The molecule has 1 N–H and O–H groups in total. The molecule has 1 aromatic rings. The predicted octanol–water partition coefficient (Wildman–Crippen LogP) is 3.33. The molecule has 0 aliphatic carbocycles. The lowest BCUT2D eigenvalue weighted by Crippen LogP contribution is -2.50. The average molecular weight is 316 g/mol. The van der Waals surface area contributed by atoms with E-state index in [0.29, 0.717) is 15.6 Å². The molecule has 6 heteroatoms. The smallest absolute Gasteiger partial charge is 0.329 e. The fourth-order valence-corrected chi connectivity index (χ4v) is 1.70. The highest BCUT2D eigenvalue weighted by atomic mass is 35.5. The second-order valence-electron chi connectivity index (χ2n) is 4.76. The minimum absolute atomic E-state index is 0.437. The molecule has 0 saturated heterocycles. The van der Waals surface area contributed by atoms with Crippen LogP contribution in [0.25, 0.3) is 6.08 Å². The summed E-state index contributed by atoms with van der Waals surface area (Å²) in [6.45, 7) is 2.90. The third-order valence-electron chi connectivity index (χ3n) is 3.06. The van der Waals surface area contributed by atoms with Crippen LogP contribution in [-0.4, -0.2) is 34.5 Å². The molecule has 0 saturated carbocycles. The Morgan fingerprint density at radius 3 is 2.45 bits per heavy atom. The summed E-state index contributed by atoms with van der Waals surface area (Å²) in [4.78, 5) is 24.2. The van der Waals surface area contributed by atoms with E-state index >= 15 is 0 Å². The number of likely N-dealkylation sites (N-methyl/N-ethyl adjacent to an activating group) is 1. The summed E-state index contributed by atoms with van der Waals surface area (Å²) in [5.74, 6) is -1.52. The fraction of sp³-hybridized carbons (Fsp3) is 0.286. The number of carbonyl (C=O) groups is 2. The van der Waals surface area contributed by atoms with Crippen molar-refractivity contribution in [1.29, 1.82) is 0 Å². The van der Waals surface area contributed by atoms with Crippen LogP contribution < -0.4 is 0 Å². The van der Waals surface area contributed by atoms with Crippen molar-refractivity contribution in [3.8, 4) is 0 Å². The van der Waals surface area contributed by atoms with E-state index in [9.17, 15) is 9.59 Å². The van der Waals surface area contributed by atoms with Gasteiger partial charge in [0, 0.05) is 23.2 Å². The molecule has 0 spiro atoms. The highest BCUT2D eigenvalue weighted by Crippen LogP contribution is 2.22. The maximum Gasteiger partial charge on any atom is 0.329 e. The number of carbonyl (C=O) groups excluding carboxylic acids is 1. The van der Waals surface area contributed by atoms with Gasteiger partial charge in [-0.05, 0) is 43.7 Å². The Kier molecular flexibility index (Phi) is 5.20. The summed E-state index contributed by atoms with van der Waals surface area (Å²) in [6.07, 6.45) is 2.77. The standard InChI is InChI=1S/C14H15Cl2NO3/c1-14(2,13(19)20)17(3)12(18)7-4-9-8-10(15)5-6-11(9)16/h4-8H,1-3H3,(H,19,20). The SMILES string of the molecule is CN(C(=O)C=Cc1cc(Cl)ccc1Cl)C(C)(C)C(=O)O. The lowest BCUT2D eigenvalue weighted by Gasteiger charge is -2.30. The van der Waals surface area contributed by atoms with Crippen LogP contribution in [0.15, 0.2) is 24.3 Å². The molecule has 1 rings (SSSR count). The number of carboxylic acid groups (broad SMARTS) is 1. The first-order chi connectivity index (χ1) is 9.16. The van der Waals surface area contributed by atoms with Crippen molar-refractivity contribution < 1.29 is 14.7 Å². The van der Waals surface area contributed by atoms with Gasteiger partial charge in [-0.2, -0.15) is 0 Å². The zero-order chi connectivity index (χ0) is 15.5. The van der Waals surface area contributed by atoms with Crippen molar-refractivity contribution in [1.82, 2.24) is 4.90 Å². The van der Waals surface area contributed by atoms with Gasteiger partial charge in [0.1, 0.15) is 5.54 Å². The van der Waals surface area contributed by atoms with Crippen LogP contribution in [0.5, 0.6) is 0 Å². The molecule has 4 nitrogen and oxygen atoms in total. The van der Waals surface area contributed by atoms with E-state index in [-0.39, 0.29) is 0 Å². The number of rotatable bonds is 4. The molecule has 0 atom stereocenters. The van der Waals surface area contributed by atoms with Crippen molar-refractivity contribution in [2.24, 2.45) is 0 Å². The van der Waals surface area contributed by atoms with Gasteiger partial charge in [0.05, 0.1) is 0 Å². The third-order valence-corrected chi connectivity index (χ3v) is 3.64. The molecule has 20 heavy (non-hydrogen) atoms. The van der Waals surface area contributed by atoms with Gasteiger partial charge in [0.2, 0.25) is 5.91 Å². The Morgan fingerprint density at radius 2 is 1.90 bits per heavy atom. The zero-order valence-electron chi connectivity index (χ0n) is 11.4. The molecule has 0 aliphatic heterocycles. The molecular weight excluding hydrogens is 301 g/mol. The van der Waals surface area contributed by atoms with Gasteiger partial charge in [-0.15, -0.1) is 0 Å². The Hall–Kier alpha value is -1.52. The van der Waals surface area contributed by atoms with Gasteiger partial charge >= 0.3 is 5.97 Å². The number of amides is 1. The molecule has 1 amide bonds. The first kappa shape index (κ1) is 16.5. The summed E-state index contributed by atoms with van der Waals surface area (Å²) in [7, 11) is 1.43. The third kappa shape index (κ3) is 3.74. The second-order valence-corrected chi connectivity index (χ2v) is 5.60. The number of carboxylic acids is 1. The number of hydrogen-bond donors (Lipinski definition) is 1. The van der Waals surface area contributed by atoms with Crippen LogP contribution >= 0.6 is 23.2 Å². The summed E-state index contributed by atoms with van der Waals surface area (Å²) in [5.41, 5.74) is -0.700. The minimum atomic E-state index is -1.29. The first-order valence-corrected chi connectivity index (χ1v) is 6.56. The molecule has 0 fully saturated rings. The highest BCUT2D eigenvalue weighted by molar-refractivity contribution is 6.34. The Balaban J connectivity index is 2.93. The summed E-state index contributed by atoms with van der Waals surface area (Å²) >= 11 is 11.8. The van der Waals surface area contributed by atoms with Crippen LogP contribution in [-0.2, 0) is 9.59 Å². The molecule has 0 unspecified atom stereocenters. The van der Waals surface area contributed by atoms with Crippen LogP contribution in [0.2, 0.25) is 10.0 Å². The average Bonchev–Trinajstić information content (AvgIpc) is 2.38. The van der Waals surface area contributed by atoms with Crippen molar-refractivity contribution in [3.63, 3.8) is 0 Å². The van der Waals surface area contributed by atoms with Gasteiger partial charge in [0.25, 0.3) is 0 Å². The maximum absolute atomic E-state index is 12.0. The summed E-state index contributed by atoms with van der Waals surface area (Å²) < 4.78 is 0. The number of halogens is 2. The van der Waals surface area contributed by atoms with Crippen LogP contribution in [0.3, 0.4) is 0 Å². The summed E-state index contributed by atoms with van der Waals surface area (Å²) in [5, 5.41) is 10.0. The molecule has 108 valence electrons. The normalized spacial score (nSPS) is 11.7. The van der Waals surface area contributed by atoms with E-state index in [1.807, 2.05) is 0 Å². The number of nitrogens with zero attached hydrogens (tertiary/aromatic N) is 1. The van der Waals surface area contributed by atoms with E-state index in [0.717, 1.165) is 4.90 Å². The molecular formula is C14H15Cl2NO3. The quantitative estimate of drug-likeness (QED) is 0.867. The van der Waals surface area contributed by atoms with E-state index in [1.54, 1.807) is 18.2 Å². The number of benzene rings is 1. The first-order valence-electron chi connectivity index (χ1n) is 5.80. The van der Waals surface area contributed by atoms with Gasteiger partial charge in [0.15, 0.2) is 0 Å². The molecule has 0 radical (unpaired) electrons. The van der Waals surface area contributed by atoms with Gasteiger partial charge in [-0.3, -0.25) is 4.79 Å². The number of hydrogen-bond acceptors (Lipinski definition) is 2. The van der Waals surface area contributed by atoms with Gasteiger partial charge in [-0.25, -0.2) is 4.79 Å². The van der Waals surface area contributed by atoms with Crippen LogP contribution in [0, 0.1) is 0 Å². The van der Waals surface area contributed by atoms with Crippen molar-refractivity contribution in [2.45, 2.75) is 19.4 Å². The van der Waals surface area contributed by atoms with Crippen molar-refractivity contribution in [2.75, 3.05) is 7.05 Å². The Morgan fingerprint density at radius 1 is 1.30 bits per heavy atom. The summed E-state index contributed by atoms with van der Waals surface area (Å²) in [6, 6.07) is 4.89. The molecule has 0 bridgehead atoms. The fourth-order valence-electron chi connectivity index (χ4n) is 1.33. The van der Waals surface area contributed by atoms with Crippen molar-refractivity contribution in [3.05, 3.63) is 39.9 Å². The maximum atomic E-state index is 12.0. The van der Waals surface area contributed by atoms with Crippen molar-refractivity contribution >= 4 is 41.2 Å². The zero-order valence-corrected chi connectivity index (χ0v) is 12.9. The van der Waals surface area contributed by atoms with E-state index < -0.39 is 17.4 Å². The highest BCUT2D eigenvalue weighted by Gasteiger charge is 2.34. The van der Waals surface area contributed by atoms with Gasteiger partial charge in [-0.1, -0.05) is 23.2 Å². The molecule has 0 heterocycles. The largest absolute Gasteiger partial charge is 0.480 e. The molecule has 0 aliphatic rings. The minimum Gasteiger partial charge on any atom is -0.480 e. The monoisotopic (exact) mass is 315 g/mol. The Bertz CT molecular complexity index is 568. The lowest BCUT2D eigenvalue weighted by molar-refractivity contribution is -0.153.